The third-order valence-corrected chi connectivity index (χ3v) is 5.86. The SMILES string of the molecule is Oc1ccc2c(c1)CCCC2N1CCC2CCCCC21. The molecule has 0 amide bonds. The fourth-order valence-corrected chi connectivity index (χ4v) is 4.95. The van der Waals surface area contributed by atoms with Crippen molar-refractivity contribution < 1.29 is 5.11 Å². The van der Waals surface area contributed by atoms with Crippen molar-refractivity contribution in [1.82, 2.24) is 4.90 Å². The van der Waals surface area contributed by atoms with Gasteiger partial charge in [-0.15, -0.1) is 0 Å². The molecule has 108 valence electrons. The third kappa shape index (κ3) is 2.05. The summed E-state index contributed by atoms with van der Waals surface area (Å²) < 4.78 is 0. The van der Waals surface area contributed by atoms with Gasteiger partial charge in [-0.3, -0.25) is 4.90 Å². The second-order valence-corrected chi connectivity index (χ2v) is 6.93. The van der Waals surface area contributed by atoms with E-state index in [4.69, 9.17) is 0 Å². The summed E-state index contributed by atoms with van der Waals surface area (Å²) in [6.07, 6.45) is 10.9. The molecule has 2 heteroatoms. The van der Waals surface area contributed by atoms with Gasteiger partial charge in [0.1, 0.15) is 5.75 Å². The molecule has 0 bridgehead atoms. The number of hydrogen-bond acceptors (Lipinski definition) is 2. The Bertz CT molecular complexity index is 498. The van der Waals surface area contributed by atoms with Gasteiger partial charge in [-0.05, 0) is 74.2 Å². The molecule has 1 aromatic rings. The maximum Gasteiger partial charge on any atom is 0.115 e. The lowest BCUT2D eigenvalue weighted by atomic mass is 9.82. The van der Waals surface area contributed by atoms with Crippen LogP contribution in [0.25, 0.3) is 0 Å². The largest absolute Gasteiger partial charge is 0.508 e. The molecule has 1 N–H and O–H groups in total. The summed E-state index contributed by atoms with van der Waals surface area (Å²) in [6, 6.07) is 7.52. The lowest BCUT2D eigenvalue weighted by Crippen LogP contribution is -2.38. The van der Waals surface area contributed by atoms with Crippen molar-refractivity contribution in [2.45, 2.75) is 63.5 Å². The molecule has 1 saturated carbocycles. The van der Waals surface area contributed by atoms with E-state index in [2.05, 4.69) is 11.0 Å². The monoisotopic (exact) mass is 271 g/mol. The van der Waals surface area contributed by atoms with Crippen LogP contribution in [-0.4, -0.2) is 22.6 Å². The minimum atomic E-state index is 0.432. The van der Waals surface area contributed by atoms with Crippen molar-refractivity contribution in [3.8, 4) is 5.75 Å². The summed E-state index contributed by atoms with van der Waals surface area (Å²) in [5, 5.41) is 9.71. The Hall–Kier alpha value is -1.02. The fraction of sp³-hybridized carbons (Fsp3) is 0.667. The minimum absolute atomic E-state index is 0.432. The van der Waals surface area contributed by atoms with E-state index >= 15 is 0 Å². The first-order valence-corrected chi connectivity index (χ1v) is 8.40. The molecule has 2 nitrogen and oxygen atoms in total. The molecule has 4 rings (SSSR count). The van der Waals surface area contributed by atoms with E-state index in [1.165, 1.54) is 62.6 Å². The zero-order chi connectivity index (χ0) is 13.5. The Balaban J connectivity index is 1.64. The van der Waals surface area contributed by atoms with Gasteiger partial charge in [0, 0.05) is 12.1 Å². The second kappa shape index (κ2) is 5.07. The van der Waals surface area contributed by atoms with Gasteiger partial charge in [-0.25, -0.2) is 0 Å². The number of rotatable bonds is 1. The predicted octanol–water partition coefficient (Wildman–Crippen LogP) is 4.03. The van der Waals surface area contributed by atoms with Gasteiger partial charge >= 0.3 is 0 Å². The highest BCUT2D eigenvalue weighted by atomic mass is 16.3. The zero-order valence-corrected chi connectivity index (χ0v) is 12.2. The molecule has 0 spiro atoms. The highest BCUT2D eigenvalue weighted by molar-refractivity contribution is 5.38. The molecule has 1 heterocycles. The molecule has 2 aliphatic carbocycles. The lowest BCUT2D eigenvalue weighted by molar-refractivity contribution is 0.120. The standard InChI is InChI=1S/C18H25NO/c20-15-8-9-16-14(12-15)5-3-7-18(16)19-11-10-13-4-1-2-6-17(13)19/h8-9,12-13,17-18,20H,1-7,10-11H2. The van der Waals surface area contributed by atoms with Gasteiger partial charge in [0.2, 0.25) is 0 Å². The van der Waals surface area contributed by atoms with E-state index in [9.17, 15) is 5.11 Å². The van der Waals surface area contributed by atoms with Crippen molar-refractivity contribution in [2.75, 3.05) is 6.54 Å². The van der Waals surface area contributed by atoms with Gasteiger partial charge in [-0.2, -0.15) is 0 Å². The Kier molecular flexibility index (Phi) is 3.22. The van der Waals surface area contributed by atoms with Crippen molar-refractivity contribution in [3.05, 3.63) is 29.3 Å². The van der Waals surface area contributed by atoms with Gasteiger partial charge < -0.3 is 5.11 Å². The number of phenolic OH excluding ortho intramolecular Hbond substituents is 1. The maximum absolute atomic E-state index is 9.71. The first-order chi connectivity index (χ1) is 9.83. The van der Waals surface area contributed by atoms with Crippen LogP contribution in [-0.2, 0) is 6.42 Å². The summed E-state index contributed by atoms with van der Waals surface area (Å²) in [7, 11) is 0. The Morgan fingerprint density at radius 3 is 2.85 bits per heavy atom. The molecule has 3 aliphatic rings. The average Bonchev–Trinajstić information content (AvgIpc) is 2.90. The summed E-state index contributed by atoms with van der Waals surface area (Å²) in [6.45, 7) is 1.29. The fourth-order valence-electron chi connectivity index (χ4n) is 4.95. The molecule has 20 heavy (non-hydrogen) atoms. The van der Waals surface area contributed by atoms with Gasteiger partial charge in [0.25, 0.3) is 0 Å². The smallest absolute Gasteiger partial charge is 0.115 e. The molecular formula is C18H25NO. The van der Waals surface area contributed by atoms with Crippen molar-refractivity contribution in [2.24, 2.45) is 5.92 Å². The summed E-state index contributed by atoms with van der Waals surface area (Å²) in [4.78, 5) is 2.82. The number of benzene rings is 1. The number of aryl methyl sites for hydroxylation is 1. The Labute approximate surface area is 121 Å². The topological polar surface area (TPSA) is 23.5 Å². The molecule has 1 saturated heterocycles. The summed E-state index contributed by atoms with van der Waals surface area (Å²) >= 11 is 0. The normalized spacial score (nSPS) is 33.7. The molecule has 2 fully saturated rings. The van der Waals surface area contributed by atoms with E-state index < -0.39 is 0 Å². The van der Waals surface area contributed by atoms with Crippen LogP contribution in [0, 0.1) is 5.92 Å². The summed E-state index contributed by atoms with van der Waals surface area (Å²) in [5.74, 6) is 1.40. The predicted molar refractivity (Wildman–Crippen MR) is 80.9 cm³/mol. The van der Waals surface area contributed by atoms with E-state index in [-0.39, 0.29) is 0 Å². The van der Waals surface area contributed by atoms with Crippen molar-refractivity contribution in [1.29, 1.82) is 0 Å². The van der Waals surface area contributed by atoms with Gasteiger partial charge in [0.05, 0.1) is 0 Å². The van der Waals surface area contributed by atoms with Crippen LogP contribution in [0.2, 0.25) is 0 Å². The van der Waals surface area contributed by atoms with E-state index in [1.54, 1.807) is 0 Å². The van der Waals surface area contributed by atoms with Crippen LogP contribution in [0.4, 0.5) is 0 Å². The molecule has 1 aromatic carbocycles. The van der Waals surface area contributed by atoms with Crippen LogP contribution >= 0.6 is 0 Å². The van der Waals surface area contributed by atoms with Gasteiger partial charge in [0.15, 0.2) is 0 Å². The number of aromatic hydroxyl groups is 1. The average molecular weight is 271 g/mol. The molecule has 3 atom stereocenters. The van der Waals surface area contributed by atoms with Crippen LogP contribution in [0.1, 0.15) is 62.1 Å². The number of phenols is 1. The minimum Gasteiger partial charge on any atom is -0.508 e. The zero-order valence-electron chi connectivity index (χ0n) is 12.2. The maximum atomic E-state index is 9.71. The highest BCUT2D eigenvalue weighted by Gasteiger charge is 2.40. The number of likely N-dealkylation sites (tertiary alicyclic amines) is 1. The molecular weight excluding hydrogens is 246 g/mol. The Morgan fingerprint density at radius 1 is 1.00 bits per heavy atom. The van der Waals surface area contributed by atoms with Gasteiger partial charge in [-0.1, -0.05) is 18.9 Å². The molecule has 0 radical (unpaired) electrons. The molecule has 0 aromatic heterocycles. The highest BCUT2D eigenvalue weighted by Crippen LogP contribution is 2.44. The summed E-state index contributed by atoms with van der Waals surface area (Å²) in [5.41, 5.74) is 2.89. The van der Waals surface area contributed by atoms with Crippen molar-refractivity contribution >= 4 is 0 Å². The van der Waals surface area contributed by atoms with Crippen LogP contribution in [0.5, 0.6) is 5.75 Å². The Morgan fingerprint density at radius 2 is 1.90 bits per heavy atom. The van der Waals surface area contributed by atoms with Crippen molar-refractivity contribution in [3.63, 3.8) is 0 Å². The number of nitrogens with zero attached hydrogens (tertiary/aromatic N) is 1. The van der Waals surface area contributed by atoms with Crippen LogP contribution in [0.15, 0.2) is 18.2 Å². The quantitative estimate of drug-likeness (QED) is 0.833. The number of fused-ring (bicyclic) bond motifs is 2. The lowest BCUT2D eigenvalue weighted by Gasteiger charge is -2.39. The molecule has 1 aliphatic heterocycles. The van der Waals surface area contributed by atoms with E-state index in [1.807, 2.05) is 12.1 Å². The third-order valence-electron chi connectivity index (χ3n) is 5.86. The number of hydrogen-bond donors (Lipinski definition) is 1. The van der Waals surface area contributed by atoms with Crippen LogP contribution in [0.3, 0.4) is 0 Å². The van der Waals surface area contributed by atoms with Crippen LogP contribution < -0.4 is 0 Å². The first-order valence-electron chi connectivity index (χ1n) is 8.40. The van der Waals surface area contributed by atoms with E-state index in [0.29, 0.717) is 11.8 Å². The molecule has 3 unspecified atom stereocenters. The van der Waals surface area contributed by atoms with E-state index in [0.717, 1.165) is 18.4 Å². The first kappa shape index (κ1) is 12.7. The second-order valence-electron chi connectivity index (χ2n) is 6.93.